The summed E-state index contributed by atoms with van der Waals surface area (Å²) in [4.78, 5) is 18.3. The molecule has 0 N–H and O–H groups in total. The van der Waals surface area contributed by atoms with E-state index in [1.165, 1.54) is 6.20 Å². The van der Waals surface area contributed by atoms with Crippen LogP contribution < -0.4 is 0 Å². The number of carbonyl (C=O) groups excluding carboxylic acids is 1. The van der Waals surface area contributed by atoms with E-state index in [2.05, 4.69) is 16.7 Å². The molecule has 0 unspecified atom stereocenters. The van der Waals surface area contributed by atoms with Gasteiger partial charge in [0.1, 0.15) is 12.4 Å². The molecule has 1 aromatic heterocycles. The van der Waals surface area contributed by atoms with Gasteiger partial charge in [-0.15, -0.1) is 0 Å². The molecule has 0 aliphatic heterocycles. The van der Waals surface area contributed by atoms with E-state index in [0.717, 1.165) is 5.56 Å². The van der Waals surface area contributed by atoms with Crippen LogP contribution >= 0.6 is 0 Å². The van der Waals surface area contributed by atoms with Gasteiger partial charge in [-0.2, -0.15) is 0 Å². The number of hydrogen-bond donors (Lipinski definition) is 0. The Morgan fingerprint density at radius 1 is 1.65 bits per heavy atom. The molecule has 4 heteroatoms. The number of nitrogens with zero attached hydrogens (tertiary/aromatic N) is 2. The molecule has 0 amide bonds. The molecule has 4 nitrogen and oxygen atoms in total. The summed E-state index contributed by atoms with van der Waals surface area (Å²) in [5.74, 6) is 0.483. The monoisotopic (exact) mass is 230 g/mol. The predicted octanol–water partition coefficient (Wildman–Crippen LogP) is 2.29. The SMILES string of the molecule is C=N/C=C(C=O)\C(=C/C)OCc1cccnc1. The van der Waals surface area contributed by atoms with Gasteiger partial charge < -0.3 is 4.74 Å². The molecule has 0 radical (unpaired) electrons. The average molecular weight is 230 g/mol. The summed E-state index contributed by atoms with van der Waals surface area (Å²) in [7, 11) is 0. The van der Waals surface area contributed by atoms with Gasteiger partial charge in [0.25, 0.3) is 0 Å². The fourth-order valence-electron chi connectivity index (χ4n) is 1.23. The van der Waals surface area contributed by atoms with Gasteiger partial charge in [-0.25, -0.2) is 0 Å². The Kier molecular flexibility index (Phi) is 5.37. The van der Waals surface area contributed by atoms with Crippen molar-refractivity contribution < 1.29 is 9.53 Å². The zero-order valence-electron chi connectivity index (χ0n) is 9.67. The van der Waals surface area contributed by atoms with E-state index in [-0.39, 0.29) is 0 Å². The standard InChI is InChI=1S/C13H14N2O2/c1-3-13(12(9-16)8-14-2)17-10-11-5-4-6-15-7-11/h3-9H,2,10H2,1H3/b12-8-,13-3+. The number of allylic oxidation sites excluding steroid dienone is 2. The van der Waals surface area contributed by atoms with Gasteiger partial charge in [0.15, 0.2) is 6.29 Å². The molecular formula is C13H14N2O2. The first kappa shape index (κ1) is 12.8. The Labute approximate surface area is 100 Å². The highest BCUT2D eigenvalue weighted by Crippen LogP contribution is 2.12. The van der Waals surface area contributed by atoms with Crippen LogP contribution in [0.2, 0.25) is 0 Å². The van der Waals surface area contributed by atoms with E-state index < -0.39 is 0 Å². The maximum atomic E-state index is 10.8. The molecule has 0 aliphatic rings. The molecule has 0 aliphatic carbocycles. The zero-order valence-corrected chi connectivity index (χ0v) is 9.67. The quantitative estimate of drug-likeness (QED) is 0.248. The van der Waals surface area contributed by atoms with Gasteiger partial charge in [-0.3, -0.25) is 14.8 Å². The van der Waals surface area contributed by atoms with Gasteiger partial charge in [0.2, 0.25) is 0 Å². The lowest BCUT2D eigenvalue weighted by atomic mass is 10.2. The molecule has 0 spiro atoms. The molecule has 1 heterocycles. The molecule has 17 heavy (non-hydrogen) atoms. The number of carbonyl (C=O) groups is 1. The molecule has 0 saturated heterocycles. The maximum absolute atomic E-state index is 10.8. The molecule has 88 valence electrons. The van der Waals surface area contributed by atoms with Crippen LogP contribution in [0.3, 0.4) is 0 Å². The van der Waals surface area contributed by atoms with Crippen molar-refractivity contribution in [1.29, 1.82) is 0 Å². The molecule has 0 bridgehead atoms. The predicted molar refractivity (Wildman–Crippen MR) is 66.5 cm³/mol. The normalized spacial score (nSPS) is 12.1. The topological polar surface area (TPSA) is 51.5 Å². The fourth-order valence-corrected chi connectivity index (χ4v) is 1.23. The Morgan fingerprint density at radius 2 is 2.47 bits per heavy atom. The van der Waals surface area contributed by atoms with Crippen molar-refractivity contribution in [3.05, 3.63) is 53.7 Å². The van der Waals surface area contributed by atoms with Crippen LogP contribution in [0.5, 0.6) is 0 Å². The molecule has 1 aromatic rings. The van der Waals surface area contributed by atoms with Crippen molar-refractivity contribution in [3.8, 4) is 0 Å². The summed E-state index contributed by atoms with van der Waals surface area (Å²) in [6.07, 6.45) is 7.17. The Bertz CT molecular complexity index is 436. The molecular weight excluding hydrogens is 216 g/mol. The van der Waals surface area contributed by atoms with Crippen LogP contribution in [0.1, 0.15) is 12.5 Å². The van der Waals surface area contributed by atoms with Crippen molar-refractivity contribution in [3.63, 3.8) is 0 Å². The Morgan fingerprint density at radius 3 is 3.00 bits per heavy atom. The van der Waals surface area contributed by atoms with E-state index in [1.807, 2.05) is 12.1 Å². The molecule has 0 atom stereocenters. The van der Waals surface area contributed by atoms with E-state index in [1.54, 1.807) is 25.4 Å². The highest BCUT2D eigenvalue weighted by Gasteiger charge is 2.04. The first-order chi connectivity index (χ1) is 8.31. The van der Waals surface area contributed by atoms with Gasteiger partial charge in [-0.05, 0) is 25.8 Å². The third-order valence-corrected chi connectivity index (χ3v) is 2.02. The largest absolute Gasteiger partial charge is 0.488 e. The summed E-state index contributed by atoms with van der Waals surface area (Å²) in [5.41, 5.74) is 1.30. The van der Waals surface area contributed by atoms with Gasteiger partial charge in [-0.1, -0.05) is 6.07 Å². The third-order valence-electron chi connectivity index (χ3n) is 2.02. The van der Waals surface area contributed by atoms with Crippen molar-refractivity contribution in [2.24, 2.45) is 4.99 Å². The number of ether oxygens (including phenoxy) is 1. The van der Waals surface area contributed by atoms with Gasteiger partial charge in [0.05, 0.1) is 5.57 Å². The summed E-state index contributed by atoms with van der Waals surface area (Å²) >= 11 is 0. The van der Waals surface area contributed by atoms with Crippen LogP contribution in [-0.2, 0) is 16.1 Å². The second-order valence-corrected chi connectivity index (χ2v) is 3.19. The van der Waals surface area contributed by atoms with E-state index >= 15 is 0 Å². The summed E-state index contributed by atoms with van der Waals surface area (Å²) in [6, 6.07) is 3.73. The van der Waals surface area contributed by atoms with E-state index in [4.69, 9.17) is 4.74 Å². The van der Waals surface area contributed by atoms with Crippen LogP contribution in [0.4, 0.5) is 0 Å². The average Bonchev–Trinajstić information content (AvgIpc) is 2.39. The molecule has 0 saturated carbocycles. The first-order valence-electron chi connectivity index (χ1n) is 5.11. The van der Waals surface area contributed by atoms with E-state index in [0.29, 0.717) is 24.2 Å². The number of aliphatic imine (C=N–C) groups is 1. The summed E-state index contributed by atoms with van der Waals surface area (Å²) < 4.78 is 5.52. The minimum Gasteiger partial charge on any atom is -0.488 e. The minimum atomic E-state index is 0.357. The zero-order chi connectivity index (χ0) is 12.5. The second-order valence-electron chi connectivity index (χ2n) is 3.19. The Balaban J connectivity index is 2.69. The lowest BCUT2D eigenvalue weighted by Crippen LogP contribution is -1.98. The lowest BCUT2D eigenvalue weighted by Gasteiger charge is -2.09. The third kappa shape index (κ3) is 4.03. The van der Waals surface area contributed by atoms with Crippen molar-refractivity contribution in [1.82, 2.24) is 4.98 Å². The smallest absolute Gasteiger partial charge is 0.155 e. The second kappa shape index (κ2) is 7.11. The van der Waals surface area contributed by atoms with Gasteiger partial charge >= 0.3 is 0 Å². The maximum Gasteiger partial charge on any atom is 0.155 e. The van der Waals surface area contributed by atoms with Crippen LogP contribution in [0.15, 0.2) is 53.1 Å². The van der Waals surface area contributed by atoms with Crippen LogP contribution in [0.25, 0.3) is 0 Å². The van der Waals surface area contributed by atoms with Crippen molar-refractivity contribution in [2.45, 2.75) is 13.5 Å². The van der Waals surface area contributed by atoms with Crippen LogP contribution in [-0.4, -0.2) is 18.0 Å². The number of rotatable bonds is 6. The lowest BCUT2D eigenvalue weighted by molar-refractivity contribution is -0.105. The summed E-state index contributed by atoms with van der Waals surface area (Å²) in [5, 5.41) is 0. The highest BCUT2D eigenvalue weighted by atomic mass is 16.5. The van der Waals surface area contributed by atoms with Crippen LogP contribution in [0, 0.1) is 0 Å². The Hall–Kier alpha value is -2.23. The summed E-state index contributed by atoms with van der Waals surface area (Å²) in [6.45, 7) is 5.45. The van der Waals surface area contributed by atoms with Crippen molar-refractivity contribution >= 4 is 13.0 Å². The number of pyridine rings is 1. The molecule has 0 fully saturated rings. The minimum absolute atomic E-state index is 0.357. The van der Waals surface area contributed by atoms with Crippen molar-refractivity contribution in [2.75, 3.05) is 0 Å². The molecule has 0 aromatic carbocycles. The fraction of sp³-hybridized carbons (Fsp3) is 0.154. The highest BCUT2D eigenvalue weighted by molar-refractivity contribution is 5.79. The van der Waals surface area contributed by atoms with E-state index in [9.17, 15) is 4.79 Å². The number of hydrogen-bond acceptors (Lipinski definition) is 4. The number of aldehydes is 1. The molecule has 1 rings (SSSR count). The van der Waals surface area contributed by atoms with Gasteiger partial charge in [0, 0.05) is 24.2 Å². The number of aromatic nitrogens is 1. The first-order valence-corrected chi connectivity index (χ1v) is 5.11.